The van der Waals surface area contributed by atoms with E-state index in [0.717, 1.165) is 38.5 Å². The average molecular weight is 456 g/mol. The molecule has 7 atom stereocenters. The molecule has 0 aromatic carbocycles. The molecule has 32 heavy (non-hydrogen) atoms. The Kier molecular flexibility index (Phi) is 5.82. The van der Waals surface area contributed by atoms with Gasteiger partial charge in [-0.2, -0.15) is 5.26 Å². The van der Waals surface area contributed by atoms with Crippen LogP contribution in [0.15, 0.2) is 23.3 Å². The lowest BCUT2D eigenvalue weighted by molar-refractivity contribution is -0.148. The molecule has 1 unspecified atom stereocenters. The van der Waals surface area contributed by atoms with Crippen LogP contribution in [0.4, 0.5) is 0 Å². The maximum Gasteiger partial charge on any atom is 0.302 e. The molecule has 0 spiro atoms. The van der Waals surface area contributed by atoms with Crippen molar-refractivity contribution in [3.8, 4) is 6.07 Å². The van der Waals surface area contributed by atoms with Gasteiger partial charge >= 0.3 is 5.97 Å². The summed E-state index contributed by atoms with van der Waals surface area (Å²) in [5.41, 5.74) is 2.22. The van der Waals surface area contributed by atoms with E-state index in [4.69, 9.17) is 9.16 Å². The van der Waals surface area contributed by atoms with E-state index in [1.807, 2.05) is 6.92 Å². The Hall–Kier alpha value is -1.38. The van der Waals surface area contributed by atoms with E-state index in [0.29, 0.717) is 17.8 Å². The van der Waals surface area contributed by atoms with Gasteiger partial charge in [-0.3, -0.25) is 4.79 Å². The molecule has 2 saturated carbocycles. The summed E-state index contributed by atoms with van der Waals surface area (Å²) in [5.74, 6) is 1.75. The van der Waals surface area contributed by atoms with Crippen LogP contribution in [0.1, 0.15) is 72.6 Å². The minimum atomic E-state index is -1.87. The zero-order valence-corrected chi connectivity index (χ0v) is 22.1. The highest BCUT2D eigenvalue weighted by molar-refractivity contribution is 6.69. The zero-order valence-electron chi connectivity index (χ0n) is 21.1. The predicted molar refractivity (Wildman–Crippen MR) is 129 cm³/mol. The average Bonchev–Trinajstić information content (AvgIpc) is 3.04. The first kappa shape index (κ1) is 23.8. The molecule has 0 heterocycles. The Labute approximate surface area is 195 Å². The van der Waals surface area contributed by atoms with Gasteiger partial charge in [0.15, 0.2) is 13.9 Å². The van der Waals surface area contributed by atoms with Gasteiger partial charge in [0, 0.05) is 13.3 Å². The van der Waals surface area contributed by atoms with Crippen LogP contribution >= 0.6 is 0 Å². The third-order valence-corrected chi connectivity index (χ3v) is 10.2. The fourth-order valence-electron chi connectivity index (χ4n) is 8.02. The quantitative estimate of drug-likeness (QED) is 0.274. The topological polar surface area (TPSA) is 59.3 Å². The minimum Gasteiger partial charge on any atom is -0.462 e. The number of rotatable bonds is 4. The second-order valence-electron chi connectivity index (χ2n) is 12.4. The van der Waals surface area contributed by atoms with Crippen molar-refractivity contribution >= 4 is 14.3 Å². The summed E-state index contributed by atoms with van der Waals surface area (Å²) in [6, 6.07) is 2.57. The van der Waals surface area contributed by atoms with E-state index in [1.54, 1.807) is 0 Å². The molecular formula is C27H41NO3Si. The number of hydrogen-bond acceptors (Lipinski definition) is 4. The monoisotopic (exact) mass is 455 g/mol. The van der Waals surface area contributed by atoms with E-state index in [-0.39, 0.29) is 22.9 Å². The van der Waals surface area contributed by atoms with E-state index >= 15 is 0 Å². The van der Waals surface area contributed by atoms with Crippen LogP contribution in [0.25, 0.3) is 0 Å². The second kappa shape index (κ2) is 7.84. The fraction of sp³-hybridized carbons (Fsp3) is 0.778. The molecule has 5 heteroatoms. The predicted octanol–water partition coefficient (Wildman–Crippen LogP) is 6.55. The third kappa shape index (κ3) is 3.82. The van der Waals surface area contributed by atoms with Gasteiger partial charge in [0.1, 0.15) is 12.2 Å². The summed E-state index contributed by atoms with van der Waals surface area (Å²) < 4.78 is 12.1. The van der Waals surface area contributed by atoms with Gasteiger partial charge in [0.2, 0.25) is 0 Å². The van der Waals surface area contributed by atoms with Gasteiger partial charge < -0.3 is 9.16 Å². The number of allylic oxidation sites excluding steroid dienone is 2. The van der Waals surface area contributed by atoms with E-state index in [2.05, 4.69) is 51.7 Å². The van der Waals surface area contributed by atoms with Crippen molar-refractivity contribution in [2.24, 2.45) is 28.6 Å². The highest BCUT2D eigenvalue weighted by Gasteiger charge is 2.59. The van der Waals surface area contributed by atoms with Crippen molar-refractivity contribution in [1.82, 2.24) is 0 Å². The molecule has 0 bridgehead atoms. The Morgan fingerprint density at radius 2 is 1.81 bits per heavy atom. The molecule has 176 valence electrons. The van der Waals surface area contributed by atoms with Crippen LogP contribution in [0.2, 0.25) is 19.6 Å². The van der Waals surface area contributed by atoms with Gasteiger partial charge in [-0.1, -0.05) is 31.6 Å². The number of carbonyl (C=O) groups is 1. The van der Waals surface area contributed by atoms with E-state index in [9.17, 15) is 10.1 Å². The van der Waals surface area contributed by atoms with Crippen LogP contribution in [-0.2, 0) is 14.0 Å². The van der Waals surface area contributed by atoms with E-state index in [1.165, 1.54) is 24.5 Å². The summed E-state index contributed by atoms with van der Waals surface area (Å²) in [7, 11) is -1.87. The summed E-state index contributed by atoms with van der Waals surface area (Å²) in [6.45, 7) is 14.9. The number of carbonyl (C=O) groups excluding carboxylic acids is 1. The molecule has 2 fully saturated rings. The molecule has 0 saturated heterocycles. The SMILES string of the molecule is CC(=O)O[C@H]1CC[C@@]2(C)C(=CC[C@@H]3[C@@H]2CC[C@]2(C)C(C(C)(C#N)O[Si](C)(C)C)=CC[C@@H]32)C1. The number of hydrogen-bond donors (Lipinski definition) is 0. The highest BCUT2D eigenvalue weighted by atomic mass is 28.4. The normalized spacial score (nSPS) is 40.6. The Morgan fingerprint density at radius 3 is 2.44 bits per heavy atom. The molecule has 4 aliphatic carbocycles. The minimum absolute atomic E-state index is 0.0436. The van der Waals surface area contributed by atoms with Crippen LogP contribution in [0.5, 0.6) is 0 Å². The van der Waals surface area contributed by atoms with Crippen LogP contribution in [0.3, 0.4) is 0 Å². The summed E-state index contributed by atoms with van der Waals surface area (Å²) in [6.07, 6.45) is 12.4. The third-order valence-electron chi connectivity index (χ3n) is 9.21. The smallest absolute Gasteiger partial charge is 0.302 e. The number of esters is 1. The molecule has 0 amide bonds. The van der Waals surface area contributed by atoms with Gasteiger partial charge in [0.05, 0.1) is 0 Å². The van der Waals surface area contributed by atoms with Gasteiger partial charge in [-0.25, -0.2) is 0 Å². The van der Waals surface area contributed by atoms with Gasteiger partial charge in [-0.05, 0) is 99.2 Å². The van der Waals surface area contributed by atoms with Crippen LogP contribution in [-0.4, -0.2) is 26.0 Å². The van der Waals surface area contributed by atoms with Crippen molar-refractivity contribution in [2.75, 3.05) is 0 Å². The van der Waals surface area contributed by atoms with Crippen molar-refractivity contribution < 1.29 is 14.0 Å². The maximum atomic E-state index is 11.5. The zero-order chi connectivity index (χ0) is 23.5. The van der Waals surface area contributed by atoms with Crippen LogP contribution < -0.4 is 0 Å². The molecular weight excluding hydrogens is 414 g/mol. The lowest BCUT2D eigenvalue weighted by Crippen LogP contribution is -2.52. The largest absolute Gasteiger partial charge is 0.462 e. The highest BCUT2D eigenvalue weighted by Crippen LogP contribution is 2.66. The lowest BCUT2D eigenvalue weighted by Gasteiger charge is -2.58. The lowest BCUT2D eigenvalue weighted by atomic mass is 9.47. The maximum absolute atomic E-state index is 11.5. The summed E-state index contributed by atoms with van der Waals surface area (Å²) in [4.78, 5) is 11.5. The van der Waals surface area contributed by atoms with Crippen molar-refractivity contribution in [3.05, 3.63) is 23.3 Å². The summed E-state index contributed by atoms with van der Waals surface area (Å²) in [5, 5.41) is 10.2. The molecule has 4 aliphatic rings. The molecule has 4 nitrogen and oxygen atoms in total. The Balaban J connectivity index is 1.59. The molecule has 0 aromatic heterocycles. The first-order chi connectivity index (χ1) is 14.8. The molecule has 0 aromatic rings. The standard InChI is InChI=1S/C27H41NO3Si/c1-18(29)30-20-12-14-25(2)19(16-20)8-9-21-22-10-11-24(26(22,3)15-13-23(21)25)27(4,17-28)31-32(5,6)7/h8,11,20-23H,9-10,12-16H2,1-7H3/t20-,21-,22-,23-,25-,26-,27?/m0/s1. The molecule has 0 N–H and O–H groups in total. The number of nitrogens with zero attached hydrogens (tertiary/aromatic N) is 1. The number of ether oxygens (including phenoxy) is 1. The van der Waals surface area contributed by atoms with Gasteiger partial charge in [-0.15, -0.1) is 0 Å². The van der Waals surface area contributed by atoms with Crippen molar-refractivity contribution in [3.63, 3.8) is 0 Å². The van der Waals surface area contributed by atoms with Crippen molar-refractivity contribution in [2.45, 2.75) is 104 Å². The Morgan fingerprint density at radius 1 is 1.12 bits per heavy atom. The van der Waals surface area contributed by atoms with E-state index < -0.39 is 13.9 Å². The summed E-state index contributed by atoms with van der Waals surface area (Å²) >= 11 is 0. The number of nitriles is 1. The second-order valence-corrected chi connectivity index (χ2v) is 16.8. The molecule has 0 aliphatic heterocycles. The van der Waals surface area contributed by atoms with Crippen molar-refractivity contribution in [1.29, 1.82) is 5.26 Å². The first-order valence-electron chi connectivity index (χ1n) is 12.5. The van der Waals surface area contributed by atoms with Gasteiger partial charge in [0.25, 0.3) is 0 Å². The Bertz CT molecular complexity index is 896. The molecule has 4 rings (SSSR count). The fourth-order valence-corrected chi connectivity index (χ4v) is 9.40. The van der Waals surface area contributed by atoms with Crippen LogP contribution in [0, 0.1) is 39.9 Å². The first-order valence-corrected chi connectivity index (χ1v) is 15.9. The number of fused-ring (bicyclic) bond motifs is 5. The molecule has 0 radical (unpaired) electrons.